The third-order valence-electron chi connectivity index (χ3n) is 5.61. The van der Waals surface area contributed by atoms with E-state index in [0.717, 1.165) is 36.9 Å². The maximum atomic E-state index is 13.1. The lowest BCUT2D eigenvalue weighted by atomic mass is 9.94. The van der Waals surface area contributed by atoms with Gasteiger partial charge in [0.25, 0.3) is 0 Å². The van der Waals surface area contributed by atoms with E-state index in [-0.39, 0.29) is 11.8 Å². The van der Waals surface area contributed by atoms with Crippen molar-refractivity contribution in [3.8, 4) is 0 Å². The molecule has 0 spiro atoms. The van der Waals surface area contributed by atoms with Crippen LogP contribution in [-0.2, 0) is 21.2 Å². The van der Waals surface area contributed by atoms with Gasteiger partial charge in [-0.1, -0.05) is 13.8 Å². The number of amides is 1. The fourth-order valence-electron chi connectivity index (χ4n) is 4.27. The number of piperidine rings is 1. The summed E-state index contributed by atoms with van der Waals surface area (Å²) in [5.41, 5.74) is 1.88. The maximum Gasteiger partial charge on any atom is 0.243 e. The van der Waals surface area contributed by atoms with Gasteiger partial charge in [0.1, 0.15) is 0 Å². The van der Waals surface area contributed by atoms with Crippen molar-refractivity contribution in [2.45, 2.75) is 44.4 Å². The summed E-state index contributed by atoms with van der Waals surface area (Å²) in [6, 6.07) is 5.29. The van der Waals surface area contributed by atoms with Crippen LogP contribution in [0.2, 0.25) is 0 Å². The van der Waals surface area contributed by atoms with Gasteiger partial charge < -0.3 is 4.90 Å². The highest BCUT2D eigenvalue weighted by Gasteiger charge is 2.37. The monoisotopic (exact) mass is 362 g/mol. The number of hydrogen-bond acceptors (Lipinski definition) is 3. The van der Waals surface area contributed by atoms with E-state index in [4.69, 9.17) is 0 Å². The number of hydrogen-bond donors (Lipinski definition) is 0. The van der Waals surface area contributed by atoms with E-state index >= 15 is 0 Å². The first-order chi connectivity index (χ1) is 11.9. The number of rotatable bonds is 3. The smallest absolute Gasteiger partial charge is 0.243 e. The van der Waals surface area contributed by atoms with Crippen molar-refractivity contribution in [3.63, 3.8) is 0 Å². The third kappa shape index (κ3) is 3.10. The summed E-state index contributed by atoms with van der Waals surface area (Å²) in [7, 11) is -3.46. The van der Waals surface area contributed by atoms with Gasteiger partial charge in [0, 0.05) is 31.2 Å². The van der Waals surface area contributed by atoms with Gasteiger partial charge in [-0.15, -0.1) is 0 Å². The second kappa shape index (κ2) is 6.09. The molecular formula is C19H26N2O3S. The highest BCUT2D eigenvalue weighted by Crippen LogP contribution is 2.37. The van der Waals surface area contributed by atoms with E-state index in [0.29, 0.717) is 36.4 Å². The zero-order valence-electron chi connectivity index (χ0n) is 14.9. The molecule has 4 rings (SSSR count). The summed E-state index contributed by atoms with van der Waals surface area (Å²) in [5.74, 6) is 1.16. The molecule has 6 heteroatoms. The molecule has 0 N–H and O–H groups in total. The molecule has 1 amide bonds. The number of nitrogens with zero attached hydrogens (tertiary/aromatic N) is 2. The van der Waals surface area contributed by atoms with Crippen LogP contribution in [0.1, 0.15) is 38.7 Å². The molecule has 2 aliphatic heterocycles. The first-order valence-electron chi connectivity index (χ1n) is 9.30. The van der Waals surface area contributed by atoms with Gasteiger partial charge in [-0.05, 0) is 61.3 Å². The van der Waals surface area contributed by atoms with Crippen molar-refractivity contribution in [2.75, 3.05) is 24.5 Å². The Kier molecular flexibility index (Phi) is 4.15. The van der Waals surface area contributed by atoms with E-state index in [2.05, 4.69) is 13.8 Å². The number of carbonyl (C=O) groups excluding carboxylic acids is 1. The van der Waals surface area contributed by atoms with E-state index in [1.54, 1.807) is 16.4 Å². The van der Waals surface area contributed by atoms with Gasteiger partial charge in [-0.3, -0.25) is 4.79 Å². The Morgan fingerprint density at radius 1 is 1.12 bits per heavy atom. The first kappa shape index (κ1) is 17.0. The second-order valence-electron chi connectivity index (χ2n) is 8.07. The minimum atomic E-state index is -3.46. The normalized spacial score (nSPS) is 27.4. The Balaban J connectivity index is 1.60. The molecule has 0 radical (unpaired) electrons. The van der Waals surface area contributed by atoms with Crippen LogP contribution in [0.4, 0.5) is 5.69 Å². The summed E-state index contributed by atoms with van der Waals surface area (Å²) in [4.78, 5) is 14.6. The SMILES string of the molecule is C[C@@H]1C[C@H](C)CN(S(=O)(=O)c2ccc3c(c2)CCN3C(=O)C2CC2)C1. The standard InChI is InChI=1S/C19H26N2O3S/c1-13-9-14(2)12-20(11-13)25(23,24)17-5-6-18-16(10-17)7-8-21(18)19(22)15-3-4-15/h5-6,10,13-15H,3-4,7-9,11-12H2,1-2H3/t13-,14+. The molecule has 5 nitrogen and oxygen atoms in total. The number of sulfonamides is 1. The van der Waals surface area contributed by atoms with Crippen molar-refractivity contribution in [2.24, 2.45) is 17.8 Å². The number of fused-ring (bicyclic) bond motifs is 1. The quantitative estimate of drug-likeness (QED) is 0.831. The van der Waals surface area contributed by atoms with Crippen molar-refractivity contribution in [1.29, 1.82) is 0 Å². The summed E-state index contributed by atoms with van der Waals surface area (Å²) >= 11 is 0. The molecule has 136 valence electrons. The van der Waals surface area contributed by atoms with E-state index < -0.39 is 10.0 Å². The molecular weight excluding hydrogens is 336 g/mol. The van der Waals surface area contributed by atoms with Gasteiger partial charge in [0.15, 0.2) is 0 Å². The number of carbonyl (C=O) groups is 1. The van der Waals surface area contributed by atoms with Crippen LogP contribution in [0.5, 0.6) is 0 Å². The average Bonchev–Trinajstić information content (AvgIpc) is 3.32. The second-order valence-corrected chi connectivity index (χ2v) is 10.0. The summed E-state index contributed by atoms with van der Waals surface area (Å²) in [6.07, 6.45) is 3.79. The Morgan fingerprint density at radius 2 is 1.80 bits per heavy atom. The van der Waals surface area contributed by atoms with E-state index in [1.165, 1.54) is 0 Å². The molecule has 1 saturated carbocycles. The fraction of sp³-hybridized carbons (Fsp3) is 0.632. The summed E-state index contributed by atoms with van der Waals surface area (Å²) < 4.78 is 27.7. The lowest BCUT2D eigenvalue weighted by Gasteiger charge is -2.34. The molecule has 0 aromatic heterocycles. The number of benzene rings is 1. The van der Waals surface area contributed by atoms with E-state index in [1.807, 2.05) is 11.0 Å². The molecule has 2 fully saturated rings. The van der Waals surface area contributed by atoms with Crippen molar-refractivity contribution < 1.29 is 13.2 Å². The zero-order chi connectivity index (χ0) is 17.8. The summed E-state index contributed by atoms with van der Waals surface area (Å²) in [6.45, 7) is 6.09. The van der Waals surface area contributed by atoms with Crippen molar-refractivity contribution >= 4 is 21.6 Å². The Morgan fingerprint density at radius 3 is 2.44 bits per heavy atom. The highest BCUT2D eigenvalue weighted by molar-refractivity contribution is 7.89. The molecule has 0 bridgehead atoms. The molecule has 2 atom stereocenters. The Hall–Kier alpha value is -1.40. The lowest BCUT2D eigenvalue weighted by Crippen LogP contribution is -2.42. The predicted octanol–water partition coefficient (Wildman–Crippen LogP) is 2.65. The molecule has 1 aromatic rings. The third-order valence-corrected chi connectivity index (χ3v) is 7.44. The summed E-state index contributed by atoms with van der Waals surface area (Å²) in [5, 5.41) is 0. The van der Waals surface area contributed by atoms with Crippen molar-refractivity contribution in [1.82, 2.24) is 4.31 Å². The zero-order valence-corrected chi connectivity index (χ0v) is 15.8. The van der Waals surface area contributed by atoms with E-state index in [9.17, 15) is 13.2 Å². The first-order valence-corrected chi connectivity index (χ1v) is 10.7. The average molecular weight is 362 g/mol. The van der Waals surface area contributed by atoms with Gasteiger partial charge in [0.05, 0.1) is 4.90 Å². The minimum Gasteiger partial charge on any atom is -0.312 e. The Bertz CT molecular complexity index is 791. The molecule has 3 aliphatic rings. The van der Waals surface area contributed by atoms with Gasteiger partial charge in [-0.2, -0.15) is 4.31 Å². The van der Waals surface area contributed by atoms with Gasteiger partial charge >= 0.3 is 0 Å². The van der Waals surface area contributed by atoms with Crippen molar-refractivity contribution in [3.05, 3.63) is 23.8 Å². The maximum absolute atomic E-state index is 13.1. The number of anilines is 1. The van der Waals surface area contributed by atoms with Crippen LogP contribution in [-0.4, -0.2) is 38.3 Å². The molecule has 25 heavy (non-hydrogen) atoms. The fourth-order valence-corrected chi connectivity index (χ4v) is 6.00. The molecule has 1 aliphatic carbocycles. The largest absolute Gasteiger partial charge is 0.312 e. The topological polar surface area (TPSA) is 57.7 Å². The molecule has 2 heterocycles. The van der Waals surface area contributed by atoms with Crippen LogP contribution in [0.25, 0.3) is 0 Å². The van der Waals surface area contributed by atoms with Gasteiger partial charge in [0.2, 0.25) is 15.9 Å². The van der Waals surface area contributed by atoms with Crippen LogP contribution in [0, 0.1) is 17.8 Å². The van der Waals surface area contributed by atoms with Gasteiger partial charge in [-0.25, -0.2) is 8.42 Å². The van der Waals surface area contributed by atoms with Crippen LogP contribution >= 0.6 is 0 Å². The minimum absolute atomic E-state index is 0.186. The predicted molar refractivity (Wildman–Crippen MR) is 96.9 cm³/mol. The molecule has 1 saturated heterocycles. The molecule has 1 aromatic carbocycles. The highest BCUT2D eigenvalue weighted by atomic mass is 32.2. The van der Waals surface area contributed by atoms with Crippen LogP contribution in [0.15, 0.2) is 23.1 Å². The lowest BCUT2D eigenvalue weighted by molar-refractivity contribution is -0.119. The Labute approximate surface area is 150 Å². The van der Waals surface area contributed by atoms with Crippen LogP contribution < -0.4 is 4.90 Å². The molecule has 0 unspecified atom stereocenters. The van der Waals surface area contributed by atoms with Crippen LogP contribution in [0.3, 0.4) is 0 Å².